The third kappa shape index (κ3) is 6.92. The van der Waals surface area contributed by atoms with E-state index in [0.717, 1.165) is 32.5 Å². The summed E-state index contributed by atoms with van der Waals surface area (Å²) in [5.41, 5.74) is 0. The molecule has 136 valence electrons. The van der Waals surface area contributed by atoms with Crippen LogP contribution >= 0.6 is 0 Å². The number of nitrogens with one attached hydrogen (secondary N) is 3. The smallest absolute Gasteiger partial charge is 0.213 e. The van der Waals surface area contributed by atoms with E-state index in [-0.39, 0.29) is 12.3 Å². The van der Waals surface area contributed by atoms with Crippen LogP contribution in [0.25, 0.3) is 0 Å². The fourth-order valence-corrected chi connectivity index (χ4v) is 3.42. The third-order valence-corrected chi connectivity index (χ3v) is 5.45. The molecule has 0 aromatic carbocycles. The monoisotopic (exact) mass is 355 g/mol. The fourth-order valence-electron chi connectivity index (χ4n) is 2.46. The van der Waals surface area contributed by atoms with Gasteiger partial charge in [-0.15, -0.1) is 0 Å². The predicted octanol–water partition coefficient (Wildman–Crippen LogP) is 0.763. The molecule has 1 saturated carbocycles. The maximum Gasteiger partial charge on any atom is 0.213 e. The van der Waals surface area contributed by atoms with Gasteiger partial charge in [0.25, 0.3) is 0 Å². The lowest BCUT2D eigenvalue weighted by molar-refractivity contribution is 0.316. The Morgan fingerprint density at radius 1 is 1.25 bits per heavy atom. The minimum atomic E-state index is -3.24. The van der Waals surface area contributed by atoms with E-state index in [1.807, 2.05) is 31.5 Å². The molecule has 0 unspecified atom stereocenters. The van der Waals surface area contributed by atoms with E-state index in [9.17, 15) is 8.42 Å². The standard InChI is InChI=1S/C16H29N5O2S/c1-2-17-16(18-8-12-21-10-3-4-11-21)19-9-13-24(22,23)20-14-15-6-5-7-15/h3-4,10-11,15,20H,2,5-9,12-14H2,1H3,(H2,17,18,19). The molecule has 1 aliphatic rings. The van der Waals surface area contributed by atoms with Gasteiger partial charge in [-0.2, -0.15) is 0 Å². The zero-order chi connectivity index (χ0) is 17.3. The van der Waals surface area contributed by atoms with Gasteiger partial charge in [-0.05, 0) is 37.8 Å². The second kappa shape index (κ2) is 9.68. The lowest BCUT2D eigenvalue weighted by Crippen LogP contribution is -2.39. The second-order valence-electron chi connectivity index (χ2n) is 6.07. The molecule has 1 aromatic heterocycles. The van der Waals surface area contributed by atoms with Crippen LogP contribution in [0.4, 0.5) is 0 Å². The molecule has 1 aliphatic carbocycles. The van der Waals surface area contributed by atoms with Crippen molar-refractivity contribution in [2.24, 2.45) is 10.9 Å². The molecule has 3 N–H and O–H groups in total. The van der Waals surface area contributed by atoms with Crippen molar-refractivity contribution < 1.29 is 8.42 Å². The molecule has 0 aliphatic heterocycles. The van der Waals surface area contributed by atoms with E-state index in [1.54, 1.807) is 0 Å². The lowest BCUT2D eigenvalue weighted by Gasteiger charge is -2.25. The van der Waals surface area contributed by atoms with E-state index < -0.39 is 10.0 Å². The number of nitrogens with zero attached hydrogens (tertiary/aromatic N) is 2. The summed E-state index contributed by atoms with van der Waals surface area (Å²) in [5, 5.41) is 6.35. The normalized spacial score (nSPS) is 16.0. The van der Waals surface area contributed by atoms with Gasteiger partial charge in [0, 0.05) is 38.6 Å². The molecule has 1 aromatic rings. The molecular weight excluding hydrogens is 326 g/mol. The van der Waals surface area contributed by atoms with E-state index in [4.69, 9.17) is 0 Å². The van der Waals surface area contributed by atoms with Crippen molar-refractivity contribution >= 4 is 16.0 Å². The van der Waals surface area contributed by atoms with Crippen LogP contribution in [0.1, 0.15) is 26.2 Å². The van der Waals surface area contributed by atoms with Gasteiger partial charge >= 0.3 is 0 Å². The Hall–Kier alpha value is -1.54. The van der Waals surface area contributed by atoms with Gasteiger partial charge in [0.05, 0.1) is 12.3 Å². The van der Waals surface area contributed by atoms with Crippen LogP contribution in [0.15, 0.2) is 29.5 Å². The summed E-state index contributed by atoms with van der Waals surface area (Å²) >= 11 is 0. The third-order valence-electron chi connectivity index (χ3n) is 4.12. The molecule has 1 heterocycles. The average Bonchev–Trinajstić information content (AvgIpc) is 2.98. The number of hydrogen-bond acceptors (Lipinski definition) is 3. The minimum Gasteiger partial charge on any atom is -0.357 e. The Balaban J connectivity index is 1.70. The van der Waals surface area contributed by atoms with Gasteiger partial charge in [0.1, 0.15) is 0 Å². The Morgan fingerprint density at radius 2 is 2.00 bits per heavy atom. The first kappa shape index (κ1) is 18.8. The summed E-state index contributed by atoms with van der Waals surface area (Å²) < 4.78 is 28.7. The summed E-state index contributed by atoms with van der Waals surface area (Å²) in [5.74, 6) is 1.20. The SMILES string of the molecule is CCNC(=NCCS(=O)(=O)NCC1CCC1)NCCn1cccc1. The molecule has 0 spiro atoms. The Morgan fingerprint density at radius 3 is 2.62 bits per heavy atom. The second-order valence-corrected chi connectivity index (χ2v) is 8.00. The summed E-state index contributed by atoms with van der Waals surface area (Å²) in [6.45, 7) is 5.11. The highest BCUT2D eigenvalue weighted by Gasteiger charge is 2.19. The van der Waals surface area contributed by atoms with Gasteiger partial charge in [0.15, 0.2) is 5.96 Å². The lowest BCUT2D eigenvalue weighted by atomic mass is 9.86. The number of sulfonamides is 1. The van der Waals surface area contributed by atoms with Crippen molar-refractivity contribution in [3.05, 3.63) is 24.5 Å². The van der Waals surface area contributed by atoms with Crippen molar-refractivity contribution in [2.75, 3.05) is 31.9 Å². The molecule has 0 bridgehead atoms. The molecule has 0 amide bonds. The molecular formula is C16H29N5O2S. The van der Waals surface area contributed by atoms with Gasteiger partial charge in [-0.1, -0.05) is 6.42 Å². The van der Waals surface area contributed by atoms with E-state index in [0.29, 0.717) is 18.4 Å². The molecule has 1 fully saturated rings. The highest BCUT2D eigenvalue weighted by molar-refractivity contribution is 7.89. The first-order valence-corrected chi connectivity index (χ1v) is 10.3. The maximum absolute atomic E-state index is 12.0. The number of aromatic nitrogens is 1. The van der Waals surface area contributed by atoms with E-state index in [1.165, 1.54) is 6.42 Å². The largest absolute Gasteiger partial charge is 0.357 e. The molecule has 8 heteroatoms. The molecule has 2 rings (SSSR count). The van der Waals surface area contributed by atoms with Crippen LogP contribution in [0.3, 0.4) is 0 Å². The van der Waals surface area contributed by atoms with Gasteiger partial charge in [0.2, 0.25) is 10.0 Å². The summed E-state index contributed by atoms with van der Waals surface area (Å²) in [4.78, 5) is 4.34. The zero-order valence-electron chi connectivity index (χ0n) is 14.4. The maximum atomic E-state index is 12.0. The van der Waals surface area contributed by atoms with Crippen LogP contribution in [0.5, 0.6) is 0 Å². The van der Waals surface area contributed by atoms with Crippen molar-refractivity contribution in [1.29, 1.82) is 0 Å². The van der Waals surface area contributed by atoms with Crippen LogP contribution in [-0.4, -0.2) is 50.9 Å². The van der Waals surface area contributed by atoms with Crippen LogP contribution in [0.2, 0.25) is 0 Å². The van der Waals surface area contributed by atoms with Crippen molar-refractivity contribution in [1.82, 2.24) is 19.9 Å². The first-order valence-electron chi connectivity index (χ1n) is 8.69. The average molecular weight is 356 g/mol. The highest BCUT2D eigenvalue weighted by Crippen LogP contribution is 2.25. The van der Waals surface area contributed by atoms with E-state index in [2.05, 4.69) is 24.9 Å². The van der Waals surface area contributed by atoms with Crippen LogP contribution in [0, 0.1) is 5.92 Å². The summed E-state index contributed by atoms with van der Waals surface area (Å²) in [6.07, 6.45) is 7.50. The van der Waals surface area contributed by atoms with Crippen molar-refractivity contribution in [3.63, 3.8) is 0 Å². The number of guanidine groups is 1. The zero-order valence-corrected chi connectivity index (χ0v) is 15.2. The highest BCUT2D eigenvalue weighted by atomic mass is 32.2. The van der Waals surface area contributed by atoms with Crippen LogP contribution in [-0.2, 0) is 16.6 Å². The topological polar surface area (TPSA) is 87.5 Å². The molecule has 0 radical (unpaired) electrons. The van der Waals surface area contributed by atoms with Crippen molar-refractivity contribution in [2.45, 2.75) is 32.7 Å². The summed E-state index contributed by atoms with van der Waals surface area (Å²) in [6, 6.07) is 3.97. The molecule has 24 heavy (non-hydrogen) atoms. The Bertz CT molecular complexity index is 594. The van der Waals surface area contributed by atoms with Gasteiger partial charge < -0.3 is 15.2 Å². The van der Waals surface area contributed by atoms with E-state index >= 15 is 0 Å². The van der Waals surface area contributed by atoms with Gasteiger partial charge in [-0.3, -0.25) is 4.99 Å². The quantitative estimate of drug-likeness (QED) is 0.427. The summed E-state index contributed by atoms with van der Waals surface area (Å²) in [7, 11) is -3.24. The number of rotatable bonds is 10. The minimum absolute atomic E-state index is 0.0217. The van der Waals surface area contributed by atoms with Crippen molar-refractivity contribution in [3.8, 4) is 0 Å². The molecule has 0 atom stereocenters. The Labute approximate surface area is 145 Å². The fraction of sp³-hybridized carbons (Fsp3) is 0.688. The van der Waals surface area contributed by atoms with Crippen LogP contribution < -0.4 is 15.4 Å². The predicted molar refractivity (Wildman–Crippen MR) is 97.5 cm³/mol. The first-order chi connectivity index (χ1) is 11.6. The molecule has 0 saturated heterocycles. The van der Waals surface area contributed by atoms with Gasteiger partial charge in [-0.25, -0.2) is 13.1 Å². The Kier molecular flexibility index (Phi) is 7.58. The number of aliphatic imine (C=N–C) groups is 1. The number of hydrogen-bond donors (Lipinski definition) is 3. The molecule has 7 nitrogen and oxygen atoms in total.